The monoisotopic (exact) mass is 524 g/mol. The first-order valence-electron chi connectivity index (χ1n) is 13.7. The number of cyclic esters (lactones) is 2. The van der Waals surface area contributed by atoms with Crippen molar-refractivity contribution < 1.29 is 37.8 Å². The van der Waals surface area contributed by atoms with E-state index in [9.17, 15) is 19.2 Å². The molecule has 0 N–H and O–H groups in total. The molecule has 5 aliphatic rings. The molecule has 204 valence electrons. The molecule has 1 aromatic rings. The number of fused-ring (bicyclic) bond motifs is 8. The van der Waals surface area contributed by atoms with E-state index < -0.39 is 29.0 Å². The summed E-state index contributed by atoms with van der Waals surface area (Å²) in [4.78, 5) is 52.8. The fraction of sp³-hybridized carbons (Fsp3) is 0.667. The van der Waals surface area contributed by atoms with E-state index in [1.807, 2.05) is 26.0 Å². The van der Waals surface area contributed by atoms with Crippen LogP contribution in [0.2, 0.25) is 0 Å². The largest absolute Gasteiger partial charge is 0.472 e. The molecule has 1 aromatic heterocycles. The summed E-state index contributed by atoms with van der Waals surface area (Å²) >= 11 is 0. The first kappa shape index (κ1) is 25.4. The Balaban J connectivity index is 1.50. The third-order valence-corrected chi connectivity index (χ3v) is 10.7. The van der Waals surface area contributed by atoms with Gasteiger partial charge < -0.3 is 18.6 Å². The molecule has 6 rings (SSSR count). The predicted octanol–water partition coefficient (Wildman–Crippen LogP) is 4.58. The standard InChI is InChI=1S/C30H36O8/c1-15(2)27(34)38-26-18-10-17-19(30(5,24(18)33)21-12-22(31)36-14-29(21,26)4)6-8-28(3)20(17)11-23(32)37-25(28)16-7-9-35-13-16/h7,9-10,13,15,18-21,25-26H,6,8,11-12,14H2,1-5H3/t18?,19-,20-,21-,25-,26+,28+,29-,30+/m0/s1. The van der Waals surface area contributed by atoms with E-state index in [4.69, 9.17) is 18.6 Å². The summed E-state index contributed by atoms with van der Waals surface area (Å²) in [7, 11) is 0. The van der Waals surface area contributed by atoms with E-state index in [2.05, 4.69) is 6.92 Å². The molecule has 2 saturated carbocycles. The van der Waals surface area contributed by atoms with Crippen LogP contribution >= 0.6 is 0 Å². The third-order valence-electron chi connectivity index (χ3n) is 10.7. The number of esters is 3. The van der Waals surface area contributed by atoms with Gasteiger partial charge in [0.25, 0.3) is 0 Å². The van der Waals surface area contributed by atoms with Crippen molar-refractivity contribution in [3.8, 4) is 0 Å². The lowest BCUT2D eigenvalue weighted by molar-refractivity contribution is -0.219. The van der Waals surface area contributed by atoms with Crippen molar-refractivity contribution in [2.75, 3.05) is 6.61 Å². The zero-order valence-electron chi connectivity index (χ0n) is 22.7. The summed E-state index contributed by atoms with van der Waals surface area (Å²) in [5, 5.41) is 0. The van der Waals surface area contributed by atoms with Crippen molar-refractivity contribution in [1.29, 1.82) is 0 Å². The van der Waals surface area contributed by atoms with Gasteiger partial charge in [-0.05, 0) is 36.7 Å². The summed E-state index contributed by atoms with van der Waals surface area (Å²) in [6, 6.07) is 1.84. The quantitative estimate of drug-likeness (QED) is 0.321. The summed E-state index contributed by atoms with van der Waals surface area (Å²) in [5.41, 5.74) is -0.0159. The molecule has 2 aliphatic heterocycles. The molecule has 0 aromatic carbocycles. The maximum atomic E-state index is 14.3. The number of rotatable bonds is 3. The zero-order chi connectivity index (χ0) is 27.2. The number of Topliss-reactive ketones (excluding diaryl/α,β-unsaturated/α-hetero) is 1. The summed E-state index contributed by atoms with van der Waals surface area (Å²) in [6.45, 7) is 9.80. The Morgan fingerprint density at radius 2 is 1.82 bits per heavy atom. The van der Waals surface area contributed by atoms with Gasteiger partial charge in [-0.1, -0.05) is 46.3 Å². The lowest BCUT2D eigenvalue weighted by atomic mass is 9.40. The first-order chi connectivity index (χ1) is 17.9. The van der Waals surface area contributed by atoms with E-state index >= 15 is 0 Å². The summed E-state index contributed by atoms with van der Waals surface area (Å²) in [5.74, 6) is -2.58. The van der Waals surface area contributed by atoms with Crippen LogP contribution in [-0.2, 0) is 33.4 Å². The molecular formula is C30H36O8. The molecule has 38 heavy (non-hydrogen) atoms. The van der Waals surface area contributed by atoms with Crippen molar-refractivity contribution >= 4 is 23.7 Å². The fourth-order valence-corrected chi connectivity index (χ4v) is 8.62. The van der Waals surface area contributed by atoms with Gasteiger partial charge in [-0.15, -0.1) is 0 Å². The lowest BCUT2D eigenvalue weighted by Crippen LogP contribution is -2.69. The SMILES string of the molecule is CC(C)C(=O)O[C@@H]1C2C=C3[C@@H]4CC(=O)O[C@@H](c5ccoc5)[C@]4(C)CC[C@@H]3[C@@](C)(C2=O)[C@H]2CC(=O)OC[C@]12C. The minimum absolute atomic E-state index is 0.0263. The van der Waals surface area contributed by atoms with Crippen molar-refractivity contribution in [2.45, 2.75) is 72.5 Å². The van der Waals surface area contributed by atoms with Crippen molar-refractivity contribution in [3.05, 3.63) is 35.8 Å². The van der Waals surface area contributed by atoms with Crippen LogP contribution in [0.1, 0.15) is 72.0 Å². The maximum absolute atomic E-state index is 14.3. The van der Waals surface area contributed by atoms with Gasteiger partial charge in [-0.25, -0.2) is 0 Å². The molecule has 2 saturated heterocycles. The Kier molecular flexibility index (Phi) is 5.54. The molecule has 8 nitrogen and oxygen atoms in total. The van der Waals surface area contributed by atoms with E-state index in [0.29, 0.717) is 0 Å². The van der Waals surface area contributed by atoms with Crippen LogP contribution in [0.4, 0.5) is 0 Å². The number of hydrogen-bond acceptors (Lipinski definition) is 8. The Hall–Kier alpha value is -2.90. The lowest BCUT2D eigenvalue weighted by Gasteiger charge is -2.65. The average molecular weight is 525 g/mol. The van der Waals surface area contributed by atoms with Crippen molar-refractivity contribution in [3.63, 3.8) is 0 Å². The molecule has 3 heterocycles. The molecule has 4 fully saturated rings. The number of carbonyl (C=O) groups excluding carboxylic acids is 4. The van der Waals surface area contributed by atoms with Crippen LogP contribution in [0.25, 0.3) is 0 Å². The van der Waals surface area contributed by atoms with Gasteiger partial charge in [0.1, 0.15) is 24.6 Å². The summed E-state index contributed by atoms with van der Waals surface area (Å²) < 4.78 is 22.9. The van der Waals surface area contributed by atoms with Crippen LogP contribution in [-0.4, -0.2) is 36.4 Å². The van der Waals surface area contributed by atoms with E-state index in [1.165, 1.54) is 0 Å². The topological polar surface area (TPSA) is 109 Å². The molecule has 9 atom stereocenters. The van der Waals surface area contributed by atoms with E-state index in [0.717, 1.165) is 24.0 Å². The zero-order valence-corrected chi connectivity index (χ0v) is 22.7. The van der Waals surface area contributed by atoms with Gasteiger partial charge in [0.15, 0.2) is 0 Å². The van der Waals surface area contributed by atoms with Gasteiger partial charge in [-0.2, -0.15) is 0 Å². The highest BCUT2D eigenvalue weighted by atomic mass is 16.6. The van der Waals surface area contributed by atoms with Gasteiger partial charge in [0, 0.05) is 21.8 Å². The fourth-order valence-electron chi connectivity index (χ4n) is 8.62. The van der Waals surface area contributed by atoms with Crippen molar-refractivity contribution in [1.82, 2.24) is 0 Å². The highest BCUT2D eigenvalue weighted by Crippen LogP contribution is 2.68. The highest BCUT2D eigenvalue weighted by molar-refractivity contribution is 5.94. The Labute approximate surface area is 222 Å². The van der Waals surface area contributed by atoms with Crippen LogP contribution in [0, 0.1) is 45.8 Å². The second-order valence-corrected chi connectivity index (χ2v) is 13.1. The highest BCUT2D eigenvalue weighted by Gasteiger charge is 2.71. The minimum Gasteiger partial charge on any atom is -0.472 e. The normalized spacial score (nSPS) is 43.7. The van der Waals surface area contributed by atoms with Crippen LogP contribution in [0.5, 0.6) is 0 Å². The predicted molar refractivity (Wildman–Crippen MR) is 133 cm³/mol. The van der Waals surface area contributed by atoms with Gasteiger partial charge in [-0.3, -0.25) is 19.2 Å². The van der Waals surface area contributed by atoms with Crippen LogP contribution < -0.4 is 0 Å². The molecule has 0 spiro atoms. The molecule has 2 bridgehead atoms. The molecular weight excluding hydrogens is 488 g/mol. The van der Waals surface area contributed by atoms with Gasteiger partial charge >= 0.3 is 17.9 Å². The number of ketones is 1. The number of furan rings is 1. The Morgan fingerprint density at radius 3 is 2.50 bits per heavy atom. The smallest absolute Gasteiger partial charge is 0.308 e. The maximum Gasteiger partial charge on any atom is 0.308 e. The molecule has 8 heteroatoms. The summed E-state index contributed by atoms with van der Waals surface area (Å²) in [6.07, 6.45) is 5.85. The minimum atomic E-state index is -0.836. The van der Waals surface area contributed by atoms with E-state index in [-0.39, 0.29) is 72.2 Å². The number of hydrogen-bond donors (Lipinski definition) is 0. The van der Waals surface area contributed by atoms with Gasteiger partial charge in [0.2, 0.25) is 0 Å². The van der Waals surface area contributed by atoms with Crippen molar-refractivity contribution in [2.24, 2.45) is 45.8 Å². The second-order valence-electron chi connectivity index (χ2n) is 13.1. The number of carbonyl (C=O) groups is 4. The molecule has 0 radical (unpaired) electrons. The molecule has 1 unspecified atom stereocenters. The van der Waals surface area contributed by atoms with E-state index in [1.54, 1.807) is 26.4 Å². The Bertz CT molecular complexity index is 1230. The van der Waals surface area contributed by atoms with Crippen LogP contribution in [0.3, 0.4) is 0 Å². The van der Waals surface area contributed by atoms with Gasteiger partial charge in [0.05, 0.1) is 37.2 Å². The average Bonchev–Trinajstić information content (AvgIpc) is 3.40. The first-order valence-corrected chi connectivity index (χ1v) is 13.7. The number of ether oxygens (including phenoxy) is 3. The molecule has 3 aliphatic carbocycles. The third kappa shape index (κ3) is 3.27. The Morgan fingerprint density at radius 1 is 1.05 bits per heavy atom. The molecule has 0 amide bonds. The van der Waals surface area contributed by atoms with Crippen LogP contribution in [0.15, 0.2) is 34.7 Å². The number of allylic oxidation sites excluding steroid dienone is 1. The second kappa shape index (κ2) is 8.30.